The molecule has 0 aliphatic rings. The third-order valence-corrected chi connectivity index (χ3v) is 2.84. The Morgan fingerprint density at radius 3 is 2.32 bits per heavy atom. The molecule has 0 unspecified atom stereocenters. The molecule has 0 spiro atoms. The lowest BCUT2D eigenvalue weighted by Crippen LogP contribution is -2.38. The van der Waals surface area contributed by atoms with Crippen LogP contribution in [0.2, 0.25) is 0 Å². The molecule has 19 heavy (non-hydrogen) atoms. The van der Waals surface area contributed by atoms with Gasteiger partial charge in [0.1, 0.15) is 0 Å². The molecule has 0 heterocycles. The highest BCUT2D eigenvalue weighted by Crippen LogP contribution is 2.25. The smallest absolute Gasteiger partial charge is 0.272 e. The van der Waals surface area contributed by atoms with E-state index < -0.39 is 0 Å². The second kappa shape index (κ2) is 6.02. The molecule has 5 nitrogen and oxygen atoms in total. The largest absolute Gasteiger partial charge is 0.384 e. The first-order chi connectivity index (χ1) is 8.70. The monoisotopic (exact) mass is 265 g/mol. The Kier molecular flexibility index (Phi) is 4.89. The van der Waals surface area contributed by atoms with Crippen molar-refractivity contribution in [3.05, 3.63) is 33.4 Å². The van der Waals surface area contributed by atoms with E-state index in [4.69, 9.17) is 0 Å². The summed E-state index contributed by atoms with van der Waals surface area (Å²) in [7, 11) is 0. The first-order valence-corrected chi connectivity index (χ1v) is 6.45. The molecular formula is C14H23N3O2. The Hall–Kier alpha value is -1.62. The van der Waals surface area contributed by atoms with E-state index in [2.05, 4.69) is 31.4 Å². The molecule has 1 aromatic rings. The van der Waals surface area contributed by atoms with E-state index in [1.54, 1.807) is 13.0 Å². The van der Waals surface area contributed by atoms with Gasteiger partial charge in [-0.15, -0.1) is 0 Å². The Labute approximate surface area is 114 Å². The SMILES string of the molecule is Cc1cc([N+](=O)[O-])c(C)cc1NCCNC(C)(C)C. The summed E-state index contributed by atoms with van der Waals surface area (Å²) in [6.45, 7) is 11.6. The molecule has 5 heteroatoms. The van der Waals surface area contributed by atoms with Crippen LogP contribution >= 0.6 is 0 Å². The number of benzene rings is 1. The summed E-state index contributed by atoms with van der Waals surface area (Å²) >= 11 is 0. The molecular weight excluding hydrogens is 242 g/mol. The van der Waals surface area contributed by atoms with E-state index in [0.29, 0.717) is 5.56 Å². The highest BCUT2D eigenvalue weighted by atomic mass is 16.6. The molecule has 0 atom stereocenters. The number of hydrogen-bond donors (Lipinski definition) is 2. The summed E-state index contributed by atoms with van der Waals surface area (Å²) in [5.41, 5.74) is 2.81. The third kappa shape index (κ3) is 4.87. The van der Waals surface area contributed by atoms with Gasteiger partial charge in [0.15, 0.2) is 0 Å². The van der Waals surface area contributed by atoms with Crippen LogP contribution in [0.1, 0.15) is 31.9 Å². The predicted molar refractivity (Wildman–Crippen MR) is 78.8 cm³/mol. The summed E-state index contributed by atoms with van der Waals surface area (Å²) in [5, 5.41) is 17.5. The van der Waals surface area contributed by atoms with Gasteiger partial charge in [0.25, 0.3) is 5.69 Å². The van der Waals surface area contributed by atoms with E-state index in [-0.39, 0.29) is 16.1 Å². The third-order valence-electron chi connectivity index (χ3n) is 2.84. The number of nitro benzene ring substituents is 1. The van der Waals surface area contributed by atoms with Crippen LogP contribution in [0.25, 0.3) is 0 Å². The van der Waals surface area contributed by atoms with Crippen LogP contribution in [0.15, 0.2) is 12.1 Å². The number of nitrogens with one attached hydrogen (secondary N) is 2. The van der Waals surface area contributed by atoms with Gasteiger partial charge in [0.05, 0.1) is 4.92 Å². The highest BCUT2D eigenvalue weighted by molar-refractivity contribution is 5.59. The quantitative estimate of drug-likeness (QED) is 0.488. The van der Waals surface area contributed by atoms with Gasteiger partial charge in [0.2, 0.25) is 0 Å². The minimum atomic E-state index is -0.340. The van der Waals surface area contributed by atoms with Crippen LogP contribution in [0.4, 0.5) is 11.4 Å². The molecule has 2 N–H and O–H groups in total. The summed E-state index contributed by atoms with van der Waals surface area (Å²) in [6, 6.07) is 3.46. The zero-order valence-corrected chi connectivity index (χ0v) is 12.3. The lowest BCUT2D eigenvalue weighted by molar-refractivity contribution is -0.385. The zero-order chi connectivity index (χ0) is 14.6. The first-order valence-electron chi connectivity index (χ1n) is 6.45. The fourth-order valence-electron chi connectivity index (χ4n) is 1.82. The van der Waals surface area contributed by atoms with Crippen molar-refractivity contribution in [2.24, 2.45) is 0 Å². The number of nitrogens with zero attached hydrogens (tertiary/aromatic N) is 1. The molecule has 0 bridgehead atoms. The lowest BCUT2D eigenvalue weighted by atomic mass is 10.1. The lowest BCUT2D eigenvalue weighted by Gasteiger charge is -2.21. The number of rotatable bonds is 5. The molecule has 1 rings (SSSR count). The van der Waals surface area contributed by atoms with E-state index in [0.717, 1.165) is 24.3 Å². The van der Waals surface area contributed by atoms with Gasteiger partial charge in [-0.1, -0.05) is 0 Å². The molecule has 1 aromatic carbocycles. The number of nitro groups is 1. The highest BCUT2D eigenvalue weighted by Gasteiger charge is 2.13. The molecule has 0 amide bonds. The van der Waals surface area contributed by atoms with Gasteiger partial charge in [-0.25, -0.2) is 0 Å². The Bertz CT molecular complexity index is 464. The maximum absolute atomic E-state index is 10.8. The predicted octanol–water partition coefficient (Wildman–Crippen LogP) is 3.01. The number of aryl methyl sites for hydroxylation is 2. The molecule has 0 aliphatic carbocycles. The molecule has 0 saturated heterocycles. The first kappa shape index (κ1) is 15.4. The minimum absolute atomic E-state index is 0.0993. The maximum atomic E-state index is 10.8. The maximum Gasteiger partial charge on any atom is 0.272 e. The Balaban J connectivity index is 2.65. The van der Waals surface area contributed by atoms with Crippen molar-refractivity contribution in [1.82, 2.24) is 5.32 Å². The van der Waals surface area contributed by atoms with Crippen molar-refractivity contribution in [3.8, 4) is 0 Å². The summed E-state index contributed by atoms with van der Waals surface area (Å²) in [5.74, 6) is 0. The van der Waals surface area contributed by atoms with Crippen molar-refractivity contribution in [2.75, 3.05) is 18.4 Å². The standard InChI is InChI=1S/C14H23N3O2/c1-10-9-13(17(18)19)11(2)8-12(10)15-6-7-16-14(3,4)5/h8-9,15-16H,6-7H2,1-5H3. The Morgan fingerprint density at radius 2 is 1.79 bits per heavy atom. The normalized spacial score (nSPS) is 11.4. The van der Waals surface area contributed by atoms with E-state index in [1.165, 1.54) is 0 Å². The van der Waals surface area contributed by atoms with E-state index >= 15 is 0 Å². The van der Waals surface area contributed by atoms with E-state index in [1.807, 2.05) is 13.0 Å². The molecule has 0 aromatic heterocycles. The van der Waals surface area contributed by atoms with Crippen LogP contribution in [0.5, 0.6) is 0 Å². The van der Waals surface area contributed by atoms with Gasteiger partial charge < -0.3 is 10.6 Å². The van der Waals surface area contributed by atoms with Crippen LogP contribution in [0.3, 0.4) is 0 Å². The fraction of sp³-hybridized carbons (Fsp3) is 0.571. The fourth-order valence-corrected chi connectivity index (χ4v) is 1.82. The van der Waals surface area contributed by atoms with Gasteiger partial charge in [-0.2, -0.15) is 0 Å². The molecule has 0 radical (unpaired) electrons. The van der Waals surface area contributed by atoms with Crippen LogP contribution < -0.4 is 10.6 Å². The van der Waals surface area contributed by atoms with Crippen LogP contribution in [-0.4, -0.2) is 23.6 Å². The van der Waals surface area contributed by atoms with Crippen LogP contribution in [-0.2, 0) is 0 Å². The van der Waals surface area contributed by atoms with Crippen molar-refractivity contribution in [1.29, 1.82) is 0 Å². The minimum Gasteiger partial charge on any atom is -0.384 e. The van der Waals surface area contributed by atoms with Crippen molar-refractivity contribution in [3.63, 3.8) is 0 Å². The second-order valence-electron chi connectivity index (χ2n) is 5.81. The summed E-state index contributed by atoms with van der Waals surface area (Å²) in [6.07, 6.45) is 0. The van der Waals surface area contributed by atoms with Gasteiger partial charge in [0, 0.05) is 35.9 Å². The summed E-state index contributed by atoms with van der Waals surface area (Å²) in [4.78, 5) is 10.5. The summed E-state index contributed by atoms with van der Waals surface area (Å²) < 4.78 is 0. The molecule has 106 valence electrons. The van der Waals surface area contributed by atoms with Gasteiger partial charge in [-0.3, -0.25) is 10.1 Å². The average Bonchev–Trinajstić information content (AvgIpc) is 2.26. The van der Waals surface area contributed by atoms with Crippen molar-refractivity contribution < 1.29 is 4.92 Å². The molecule has 0 fully saturated rings. The van der Waals surface area contributed by atoms with E-state index in [9.17, 15) is 10.1 Å². The molecule has 0 aliphatic heterocycles. The number of anilines is 1. The van der Waals surface area contributed by atoms with Crippen molar-refractivity contribution >= 4 is 11.4 Å². The average molecular weight is 265 g/mol. The second-order valence-corrected chi connectivity index (χ2v) is 5.81. The van der Waals surface area contributed by atoms with Crippen molar-refractivity contribution in [2.45, 2.75) is 40.2 Å². The molecule has 0 saturated carbocycles. The topological polar surface area (TPSA) is 67.2 Å². The number of hydrogen-bond acceptors (Lipinski definition) is 4. The van der Waals surface area contributed by atoms with Gasteiger partial charge >= 0.3 is 0 Å². The Morgan fingerprint density at radius 1 is 1.16 bits per heavy atom. The zero-order valence-electron chi connectivity index (χ0n) is 12.3. The van der Waals surface area contributed by atoms with Gasteiger partial charge in [-0.05, 0) is 46.2 Å². The van der Waals surface area contributed by atoms with Crippen LogP contribution in [0, 0.1) is 24.0 Å².